The first kappa shape index (κ1) is 19.9. The second-order valence-corrected chi connectivity index (χ2v) is 7.32. The quantitative estimate of drug-likeness (QED) is 0.354. The van der Waals surface area contributed by atoms with E-state index in [-0.39, 0.29) is 19.1 Å². The van der Waals surface area contributed by atoms with Crippen LogP contribution < -0.4 is 15.5 Å². The van der Waals surface area contributed by atoms with Crippen LogP contribution in [-0.2, 0) is 0 Å². The highest BCUT2D eigenvalue weighted by atomic mass is 35.5. The van der Waals surface area contributed by atoms with E-state index >= 15 is 0 Å². The summed E-state index contributed by atoms with van der Waals surface area (Å²) in [5.41, 5.74) is 2.00. The van der Waals surface area contributed by atoms with Crippen molar-refractivity contribution >= 4 is 56.6 Å². The molecule has 0 bridgehead atoms. The summed E-state index contributed by atoms with van der Waals surface area (Å²) >= 11 is 7.71. The number of amides is 2. The van der Waals surface area contributed by atoms with Gasteiger partial charge in [0.05, 0.1) is 35.6 Å². The van der Waals surface area contributed by atoms with Crippen LogP contribution in [0, 0.1) is 0 Å². The first-order valence-electron chi connectivity index (χ1n) is 8.76. The standard InChI is InChI=1S/C17H16ClN9O2S/c1-19-17(29)27(6-7-28)15-20-5-4-12(22-15)14-25-26-16(30-14)23-11-3-2-10-9(13(11)18)8-21-24-10/h2-5,8,28H,6-7H2,1H3,(H,19,29)(H,21,24)(H,23,26). The molecule has 0 radical (unpaired) electrons. The zero-order valence-electron chi connectivity index (χ0n) is 15.6. The Morgan fingerprint density at radius 1 is 1.33 bits per heavy atom. The van der Waals surface area contributed by atoms with Gasteiger partial charge in [0.25, 0.3) is 0 Å². The molecule has 3 heterocycles. The molecule has 4 rings (SSSR count). The summed E-state index contributed by atoms with van der Waals surface area (Å²) in [4.78, 5) is 21.8. The number of hydrogen-bond donors (Lipinski definition) is 4. The maximum atomic E-state index is 12.0. The summed E-state index contributed by atoms with van der Waals surface area (Å²) in [5.74, 6) is 0.152. The zero-order valence-corrected chi connectivity index (χ0v) is 17.2. The van der Waals surface area contributed by atoms with Crippen molar-refractivity contribution in [1.29, 1.82) is 0 Å². The average Bonchev–Trinajstić information content (AvgIpc) is 3.43. The van der Waals surface area contributed by atoms with Gasteiger partial charge in [-0.15, -0.1) is 10.2 Å². The summed E-state index contributed by atoms with van der Waals surface area (Å²) in [5, 5.41) is 32.4. The normalized spacial score (nSPS) is 10.9. The minimum Gasteiger partial charge on any atom is -0.395 e. The molecule has 4 N–H and O–H groups in total. The number of nitrogens with one attached hydrogen (secondary N) is 3. The third kappa shape index (κ3) is 3.87. The van der Waals surface area contributed by atoms with Crippen LogP contribution in [0.25, 0.3) is 21.6 Å². The number of hydrogen-bond acceptors (Lipinski definition) is 9. The number of fused-ring (bicyclic) bond motifs is 1. The van der Waals surface area contributed by atoms with Crippen LogP contribution in [0.4, 0.5) is 21.6 Å². The lowest BCUT2D eigenvalue weighted by atomic mass is 10.2. The Morgan fingerprint density at radius 2 is 2.20 bits per heavy atom. The summed E-state index contributed by atoms with van der Waals surface area (Å²) in [7, 11) is 1.49. The van der Waals surface area contributed by atoms with Crippen LogP contribution in [-0.4, -0.2) is 61.7 Å². The number of nitrogens with zero attached hydrogens (tertiary/aromatic N) is 6. The number of carbonyl (C=O) groups excluding carboxylic acids is 1. The van der Waals surface area contributed by atoms with E-state index in [1.165, 1.54) is 29.5 Å². The minimum atomic E-state index is -0.426. The van der Waals surface area contributed by atoms with Crippen molar-refractivity contribution in [3.05, 3.63) is 35.6 Å². The largest absolute Gasteiger partial charge is 0.395 e. The van der Waals surface area contributed by atoms with Gasteiger partial charge in [-0.25, -0.2) is 14.8 Å². The summed E-state index contributed by atoms with van der Waals surface area (Å²) in [6.07, 6.45) is 3.17. The number of H-pyrrole nitrogens is 1. The Hall–Kier alpha value is -3.35. The Morgan fingerprint density at radius 3 is 3.00 bits per heavy atom. The van der Waals surface area contributed by atoms with Gasteiger partial charge in [0.1, 0.15) is 5.69 Å². The van der Waals surface area contributed by atoms with Crippen molar-refractivity contribution in [3.8, 4) is 10.7 Å². The van der Waals surface area contributed by atoms with Gasteiger partial charge in [0, 0.05) is 18.6 Å². The van der Waals surface area contributed by atoms with Crippen molar-refractivity contribution < 1.29 is 9.90 Å². The summed E-state index contributed by atoms with van der Waals surface area (Å²) in [6.45, 7) is -0.170. The van der Waals surface area contributed by atoms with Gasteiger partial charge in [0.15, 0.2) is 5.01 Å². The average molecular weight is 446 g/mol. The van der Waals surface area contributed by atoms with E-state index in [1.807, 2.05) is 12.1 Å². The third-order valence-corrected chi connectivity index (χ3v) is 5.38. The van der Waals surface area contributed by atoms with Gasteiger partial charge in [0.2, 0.25) is 11.1 Å². The molecule has 11 nitrogen and oxygen atoms in total. The highest BCUT2D eigenvalue weighted by Crippen LogP contribution is 2.34. The SMILES string of the molecule is CNC(=O)N(CCO)c1nccc(-c2nnc(Nc3ccc4[nH]ncc4c3Cl)s2)n1. The van der Waals surface area contributed by atoms with E-state index in [4.69, 9.17) is 11.6 Å². The number of aliphatic hydroxyl groups excluding tert-OH is 1. The summed E-state index contributed by atoms with van der Waals surface area (Å²) in [6, 6.07) is 4.93. The van der Waals surface area contributed by atoms with E-state index in [2.05, 4.69) is 41.0 Å². The molecule has 30 heavy (non-hydrogen) atoms. The molecule has 2 amide bonds. The molecule has 1 aromatic carbocycles. The predicted molar refractivity (Wildman–Crippen MR) is 114 cm³/mol. The first-order chi connectivity index (χ1) is 14.6. The Bertz CT molecular complexity index is 1190. The van der Waals surface area contributed by atoms with Crippen LogP contribution >= 0.6 is 22.9 Å². The van der Waals surface area contributed by atoms with E-state index < -0.39 is 6.03 Å². The number of anilines is 3. The van der Waals surface area contributed by atoms with Crippen LogP contribution in [0.5, 0.6) is 0 Å². The molecule has 0 aliphatic carbocycles. The van der Waals surface area contributed by atoms with Crippen LogP contribution in [0.1, 0.15) is 0 Å². The van der Waals surface area contributed by atoms with Gasteiger partial charge in [-0.3, -0.25) is 10.00 Å². The molecule has 0 spiro atoms. The molecule has 0 aliphatic rings. The number of carbonyl (C=O) groups is 1. The number of urea groups is 1. The number of aliphatic hydroxyl groups is 1. The Balaban J connectivity index is 1.59. The molecule has 13 heteroatoms. The molecular weight excluding hydrogens is 430 g/mol. The van der Waals surface area contributed by atoms with Gasteiger partial charge in [-0.1, -0.05) is 22.9 Å². The van der Waals surface area contributed by atoms with Crippen molar-refractivity contribution in [3.63, 3.8) is 0 Å². The van der Waals surface area contributed by atoms with Crippen molar-refractivity contribution in [1.82, 2.24) is 35.7 Å². The van der Waals surface area contributed by atoms with Gasteiger partial charge in [-0.2, -0.15) is 5.10 Å². The lowest BCUT2D eigenvalue weighted by Crippen LogP contribution is -2.41. The van der Waals surface area contributed by atoms with Gasteiger partial charge in [-0.05, 0) is 18.2 Å². The molecule has 0 fully saturated rings. The highest BCUT2D eigenvalue weighted by molar-refractivity contribution is 7.18. The number of benzene rings is 1. The highest BCUT2D eigenvalue weighted by Gasteiger charge is 2.18. The maximum absolute atomic E-state index is 12.0. The molecule has 4 aromatic rings. The molecule has 3 aromatic heterocycles. The topological polar surface area (TPSA) is 145 Å². The van der Waals surface area contributed by atoms with Gasteiger partial charge >= 0.3 is 6.03 Å². The number of aromatic amines is 1. The lowest BCUT2D eigenvalue weighted by Gasteiger charge is -2.18. The molecular formula is C17H16ClN9O2S. The fourth-order valence-corrected chi connectivity index (χ4v) is 3.68. The Kier molecular flexibility index (Phi) is 5.70. The van der Waals surface area contributed by atoms with E-state index in [1.54, 1.807) is 12.3 Å². The van der Waals surface area contributed by atoms with Crippen molar-refractivity contribution in [2.24, 2.45) is 0 Å². The van der Waals surface area contributed by atoms with Gasteiger partial charge < -0.3 is 15.7 Å². The fourth-order valence-electron chi connectivity index (χ4n) is 2.70. The van der Waals surface area contributed by atoms with Crippen LogP contribution in [0.2, 0.25) is 5.02 Å². The number of halogens is 1. The van der Waals surface area contributed by atoms with Crippen molar-refractivity contribution in [2.45, 2.75) is 0 Å². The van der Waals surface area contributed by atoms with Crippen LogP contribution in [0.15, 0.2) is 30.6 Å². The maximum Gasteiger partial charge on any atom is 0.324 e. The number of rotatable bonds is 6. The van der Waals surface area contributed by atoms with E-state index in [9.17, 15) is 9.90 Å². The second kappa shape index (κ2) is 8.57. The fraction of sp³-hybridized carbons (Fsp3) is 0.176. The van der Waals surface area contributed by atoms with Crippen molar-refractivity contribution in [2.75, 3.05) is 30.4 Å². The predicted octanol–water partition coefficient (Wildman–Crippen LogP) is 2.41. The Labute approximate surface area is 179 Å². The first-order valence-corrected chi connectivity index (χ1v) is 9.95. The second-order valence-electron chi connectivity index (χ2n) is 5.97. The molecule has 154 valence electrons. The molecule has 0 saturated heterocycles. The molecule has 0 aliphatic heterocycles. The number of aromatic nitrogens is 6. The van der Waals surface area contributed by atoms with E-state index in [0.717, 1.165) is 10.9 Å². The smallest absolute Gasteiger partial charge is 0.324 e. The lowest BCUT2D eigenvalue weighted by molar-refractivity contribution is 0.243. The monoisotopic (exact) mass is 445 g/mol. The minimum absolute atomic E-state index is 0.0566. The molecule has 0 unspecified atom stereocenters. The van der Waals surface area contributed by atoms with E-state index in [0.29, 0.717) is 26.5 Å². The molecule has 0 atom stereocenters. The summed E-state index contributed by atoms with van der Waals surface area (Å²) < 4.78 is 0. The van der Waals surface area contributed by atoms with Crippen LogP contribution in [0.3, 0.4) is 0 Å². The molecule has 0 saturated carbocycles. The zero-order chi connectivity index (χ0) is 21.1. The third-order valence-electron chi connectivity index (χ3n) is 4.11.